The third kappa shape index (κ3) is 2.03. The van der Waals surface area contributed by atoms with Crippen LogP contribution in [0.2, 0.25) is 0 Å². The Morgan fingerprint density at radius 3 is 2.91 bits per heavy atom. The van der Waals surface area contributed by atoms with Crippen molar-refractivity contribution in [1.82, 2.24) is 15.2 Å². The standard InChI is InChI=1S/C6H10N4O/c1-3-5-8-6(10-9-5)7-4(2)11/h3H2,1-2H3,(H2,7,8,9,10,11). The van der Waals surface area contributed by atoms with E-state index in [2.05, 4.69) is 20.5 Å². The SMILES string of the molecule is CCc1nc(NC(C)=O)n[nH]1. The summed E-state index contributed by atoms with van der Waals surface area (Å²) >= 11 is 0. The van der Waals surface area contributed by atoms with Crippen molar-refractivity contribution >= 4 is 11.9 Å². The first-order chi connectivity index (χ1) is 5.22. The quantitative estimate of drug-likeness (QED) is 0.644. The number of carbonyl (C=O) groups excluding carboxylic acids is 1. The molecule has 60 valence electrons. The second kappa shape index (κ2) is 3.14. The predicted octanol–water partition coefficient (Wildman–Crippen LogP) is 0.325. The molecule has 5 nitrogen and oxygen atoms in total. The van der Waals surface area contributed by atoms with Crippen molar-refractivity contribution in [1.29, 1.82) is 0 Å². The molecule has 0 saturated heterocycles. The van der Waals surface area contributed by atoms with Crippen LogP contribution in [0.5, 0.6) is 0 Å². The van der Waals surface area contributed by atoms with E-state index in [-0.39, 0.29) is 5.91 Å². The van der Waals surface area contributed by atoms with Crippen molar-refractivity contribution in [2.24, 2.45) is 0 Å². The van der Waals surface area contributed by atoms with Crippen molar-refractivity contribution in [2.45, 2.75) is 20.3 Å². The highest BCUT2D eigenvalue weighted by molar-refractivity contribution is 5.86. The summed E-state index contributed by atoms with van der Waals surface area (Å²) in [4.78, 5) is 14.5. The van der Waals surface area contributed by atoms with Crippen LogP contribution in [0.15, 0.2) is 0 Å². The molecule has 0 spiro atoms. The first-order valence-corrected chi connectivity index (χ1v) is 3.41. The molecule has 0 unspecified atom stereocenters. The molecule has 1 aromatic rings. The Kier molecular flexibility index (Phi) is 2.20. The zero-order valence-corrected chi connectivity index (χ0v) is 6.51. The summed E-state index contributed by atoms with van der Waals surface area (Å²) in [5.74, 6) is 0.953. The number of carbonyl (C=O) groups is 1. The van der Waals surface area contributed by atoms with Gasteiger partial charge in [0.05, 0.1) is 0 Å². The van der Waals surface area contributed by atoms with Gasteiger partial charge in [-0.2, -0.15) is 4.98 Å². The molecule has 0 bridgehead atoms. The van der Waals surface area contributed by atoms with Crippen LogP contribution in [0.3, 0.4) is 0 Å². The molecule has 0 aliphatic heterocycles. The Morgan fingerprint density at radius 1 is 1.73 bits per heavy atom. The average molecular weight is 154 g/mol. The summed E-state index contributed by atoms with van der Waals surface area (Å²) in [6, 6.07) is 0. The van der Waals surface area contributed by atoms with E-state index in [1.165, 1.54) is 6.92 Å². The van der Waals surface area contributed by atoms with Crippen molar-refractivity contribution in [3.05, 3.63) is 5.82 Å². The monoisotopic (exact) mass is 154 g/mol. The molecule has 5 heteroatoms. The van der Waals surface area contributed by atoms with E-state index in [0.29, 0.717) is 5.95 Å². The van der Waals surface area contributed by atoms with Crippen molar-refractivity contribution in [3.63, 3.8) is 0 Å². The number of anilines is 1. The normalized spacial score (nSPS) is 9.64. The minimum Gasteiger partial charge on any atom is -0.293 e. The maximum absolute atomic E-state index is 10.5. The van der Waals surface area contributed by atoms with Gasteiger partial charge >= 0.3 is 0 Å². The molecule has 0 fully saturated rings. The fourth-order valence-corrected chi connectivity index (χ4v) is 0.667. The van der Waals surface area contributed by atoms with E-state index in [1.807, 2.05) is 6.92 Å². The van der Waals surface area contributed by atoms with E-state index >= 15 is 0 Å². The molecular weight excluding hydrogens is 144 g/mol. The van der Waals surface area contributed by atoms with Crippen molar-refractivity contribution < 1.29 is 4.79 Å². The summed E-state index contributed by atoms with van der Waals surface area (Å²) in [6.07, 6.45) is 0.784. The Morgan fingerprint density at radius 2 is 2.45 bits per heavy atom. The summed E-state index contributed by atoms with van der Waals surface area (Å²) in [5.41, 5.74) is 0. The van der Waals surface area contributed by atoms with Gasteiger partial charge < -0.3 is 0 Å². The largest absolute Gasteiger partial charge is 0.293 e. The van der Waals surface area contributed by atoms with Crippen molar-refractivity contribution in [3.8, 4) is 0 Å². The first-order valence-electron chi connectivity index (χ1n) is 3.41. The number of H-pyrrole nitrogens is 1. The molecule has 0 aromatic carbocycles. The molecule has 0 saturated carbocycles. The van der Waals surface area contributed by atoms with Gasteiger partial charge in [-0.1, -0.05) is 6.92 Å². The van der Waals surface area contributed by atoms with Gasteiger partial charge in [0.15, 0.2) is 0 Å². The Bertz CT molecular complexity index is 255. The van der Waals surface area contributed by atoms with Crippen LogP contribution in [0.4, 0.5) is 5.95 Å². The molecule has 1 amide bonds. The Balaban J connectivity index is 2.65. The lowest BCUT2D eigenvalue weighted by molar-refractivity contribution is -0.114. The fourth-order valence-electron chi connectivity index (χ4n) is 0.667. The van der Waals surface area contributed by atoms with Gasteiger partial charge in [-0.15, -0.1) is 5.10 Å². The summed E-state index contributed by atoms with van der Waals surface area (Å²) in [6.45, 7) is 3.38. The number of nitrogens with zero attached hydrogens (tertiary/aromatic N) is 2. The van der Waals surface area contributed by atoms with Crippen LogP contribution in [0.25, 0.3) is 0 Å². The molecule has 1 aromatic heterocycles. The van der Waals surface area contributed by atoms with Gasteiger partial charge in [0.1, 0.15) is 5.82 Å². The second-order valence-corrected chi connectivity index (χ2v) is 2.14. The molecule has 0 aliphatic carbocycles. The van der Waals surface area contributed by atoms with Crippen LogP contribution < -0.4 is 5.32 Å². The van der Waals surface area contributed by atoms with Gasteiger partial charge in [-0.05, 0) is 0 Å². The highest BCUT2D eigenvalue weighted by atomic mass is 16.1. The maximum Gasteiger partial charge on any atom is 0.248 e. The number of rotatable bonds is 2. The number of amides is 1. The van der Waals surface area contributed by atoms with E-state index in [1.54, 1.807) is 0 Å². The van der Waals surface area contributed by atoms with Gasteiger partial charge in [0, 0.05) is 13.3 Å². The molecule has 0 aliphatic rings. The van der Waals surface area contributed by atoms with Gasteiger partial charge in [-0.25, -0.2) is 0 Å². The smallest absolute Gasteiger partial charge is 0.248 e. The first kappa shape index (κ1) is 7.71. The summed E-state index contributed by atoms with van der Waals surface area (Å²) in [5, 5.41) is 8.91. The zero-order valence-electron chi connectivity index (χ0n) is 6.51. The van der Waals surface area contributed by atoms with Gasteiger partial charge in [0.25, 0.3) is 0 Å². The highest BCUT2D eigenvalue weighted by Crippen LogP contribution is 1.97. The zero-order chi connectivity index (χ0) is 8.27. The van der Waals surface area contributed by atoms with Gasteiger partial charge in [0.2, 0.25) is 11.9 Å². The number of aromatic amines is 1. The lowest BCUT2D eigenvalue weighted by atomic mass is 10.5. The Labute approximate surface area is 64.2 Å². The fraction of sp³-hybridized carbons (Fsp3) is 0.500. The van der Waals surface area contributed by atoms with Crippen LogP contribution in [-0.4, -0.2) is 21.1 Å². The van der Waals surface area contributed by atoms with E-state index in [4.69, 9.17) is 0 Å². The molecule has 0 atom stereocenters. The van der Waals surface area contributed by atoms with E-state index in [9.17, 15) is 4.79 Å². The summed E-state index contributed by atoms with van der Waals surface area (Å²) < 4.78 is 0. The Hall–Kier alpha value is -1.39. The van der Waals surface area contributed by atoms with Crippen LogP contribution in [-0.2, 0) is 11.2 Å². The third-order valence-corrected chi connectivity index (χ3v) is 1.15. The molecule has 11 heavy (non-hydrogen) atoms. The third-order valence-electron chi connectivity index (χ3n) is 1.15. The maximum atomic E-state index is 10.5. The second-order valence-electron chi connectivity index (χ2n) is 2.14. The van der Waals surface area contributed by atoms with Crippen LogP contribution >= 0.6 is 0 Å². The topological polar surface area (TPSA) is 70.7 Å². The molecular formula is C6H10N4O. The number of aryl methyl sites for hydroxylation is 1. The lowest BCUT2D eigenvalue weighted by Gasteiger charge is -1.90. The highest BCUT2D eigenvalue weighted by Gasteiger charge is 2.00. The minimum absolute atomic E-state index is 0.161. The van der Waals surface area contributed by atoms with Crippen LogP contribution in [0.1, 0.15) is 19.7 Å². The molecule has 0 radical (unpaired) electrons. The van der Waals surface area contributed by atoms with Crippen molar-refractivity contribution in [2.75, 3.05) is 5.32 Å². The molecule has 1 rings (SSSR count). The minimum atomic E-state index is -0.161. The number of hydrogen-bond acceptors (Lipinski definition) is 3. The van der Waals surface area contributed by atoms with Gasteiger partial charge in [-0.3, -0.25) is 15.2 Å². The molecule has 1 heterocycles. The lowest BCUT2D eigenvalue weighted by Crippen LogP contribution is -2.07. The summed E-state index contributed by atoms with van der Waals surface area (Å²) in [7, 11) is 0. The van der Waals surface area contributed by atoms with Crippen LogP contribution in [0, 0.1) is 0 Å². The number of nitrogens with one attached hydrogen (secondary N) is 2. The average Bonchev–Trinajstić information content (AvgIpc) is 2.34. The van der Waals surface area contributed by atoms with E-state index < -0.39 is 0 Å². The van der Waals surface area contributed by atoms with E-state index in [0.717, 1.165) is 12.2 Å². The number of aromatic nitrogens is 3. The number of hydrogen-bond donors (Lipinski definition) is 2. The molecule has 2 N–H and O–H groups in total. The predicted molar refractivity (Wildman–Crippen MR) is 40.1 cm³/mol.